The number of Topliss-reactive ketones (excluding diaryl/α,β-unsaturated/α-hetero) is 1. The summed E-state index contributed by atoms with van der Waals surface area (Å²) in [6.45, 7) is 1.05. The van der Waals surface area contributed by atoms with Crippen molar-refractivity contribution < 1.29 is 38.1 Å². The maximum atomic E-state index is 12.2. The number of oxime groups is 1. The van der Waals surface area contributed by atoms with E-state index in [-0.39, 0.29) is 12.6 Å². The lowest BCUT2D eigenvalue weighted by atomic mass is 10.1. The fourth-order valence-electron chi connectivity index (χ4n) is 2.64. The Hall–Kier alpha value is -3.75. The number of ketones is 1. The Bertz CT molecular complexity index is 969. The third-order valence-electron chi connectivity index (χ3n) is 4.24. The first-order chi connectivity index (χ1) is 14.5. The van der Waals surface area contributed by atoms with Crippen LogP contribution in [0.1, 0.15) is 22.8 Å². The van der Waals surface area contributed by atoms with Crippen LogP contribution in [0.25, 0.3) is 0 Å². The van der Waals surface area contributed by atoms with Crippen molar-refractivity contribution >= 4 is 17.5 Å². The SMILES string of the molecule is COc1ccc(C(=O)COC(=O)CO/N=C(\C)c2ccc3c(c2)OCO3)cc1OC. The molecule has 0 saturated heterocycles. The number of hydrogen-bond acceptors (Lipinski definition) is 9. The summed E-state index contributed by atoms with van der Waals surface area (Å²) in [5, 5.41) is 3.89. The van der Waals surface area contributed by atoms with Gasteiger partial charge in [-0.05, 0) is 43.3 Å². The van der Waals surface area contributed by atoms with Crippen molar-refractivity contribution in [1.29, 1.82) is 0 Å². The average Bonchev–Trinajstić information content (AvgIpc) is 3.24. The summed E-state index contributed by atoms with van der Waals surface area (Å²) in [7, 11) is 2.97. The summed E-state index contributed by atoms with van der Waals surface area (Å²) in [5.41, 5.74) is 1.64. The number of benzene rings is 2. The normalized spacial score (nSPS) is 12.3. The number of carbonyl (C=O) groups excluding carboxylic acids is 2. The number of hydrogen-bond donors (Lipinski definition) is 0. The Balaban J connectivity index is 1.47. The number of methoxy groups -OCH3 is 2. The van der Waals surface area contributed by atoms with Crippen LogP contribution in [0.5, 0.6) is 23.0 Å². The summed E-state index contributed by atoms with van der Waals surface area (Å²) in [5.74, 6) is 1.09. The highest BCUT2D eigenvalue weighted by molar-refractivity contribution is 5.99. The number of ether oxygens (including phenoxy) is 5. The van der Waals surface area contributed by atoms with Gasteiger partial charge < -0.3 is 28.5 Å². The monoisotopic (exact) mass is 415 g/mol. The molecule has 30 heavy (non-hydrogen) atoms. The largest absolute Gasteiger partial charge is 0.493 e. The van der Waals surface area contributed by atoms with Gasteiger partial charge in [-0.3, -0.25) is 4.79 Å². The quantitative estimate of drug-likeness (QED) is 0.267. The molecule has 158 valence electrons. The van der Waals surface area contributed by atoms with E-state index in [1.807, 2.05) is 0 Å². The van der Waals surface area contributed by atoms with Gasteiger partial charge in [-0.15, -0.1) is 0 Å². The first kappa shape index (κ1) is 21.0. The first-order valence-electron chi connectivity index (χ1n) is 8.99. The predicted molar refractivity (Wildman–Crippen MR) is 106 cm³/mol. The van der Waals surface area contributed by atoms with E-state index in [1.165, 1.54) is 20.3 Å². The lowest BCUT2D eigenvalue weighted by molar-refractivity contribution is -0.147. The fraction of sp³-hybridized carbons (Fsp3) is 0.286. The van der Waals surface area contributed by atoms with Gasteiger partial charge in [-0.2, -0.15) is 0 Å². The van der Waals surface area contributed by atoms with Gasteiger partial charge in [0.15, 0.2) is 35.4 Å². The second kappa shape index (κ2) is 9.64. The molecule has 9 heteroatoms. The molecule has 0 aromatic heterocycles. The second-order valence-corrected chi connectivity index (χ2v) is 6.17. The third kappa shape index (κ3) is 4.99. The lowest BCUT2D eigenvalue weighted by Gasteiger charge is -2.09. The van der Waals surface area contributed by atoms with Gasteiger partial charge in [0.2, 0.25) is 13.4 Å². The van der Waals surface area contributed by atoms with Gasteiger partial charge in [-0.25, -0.2) is 4.79 Å². The van der Waals surface area contributed by atoms with E-state index in [4.69, 9.17) is 28.5 Å². The van der Waals surface area contributed by atoms with Gasteiger partial charge in [0, 0.05) is 11.1 Å². The van der Waals surface area contributed by atoms with Crippen molar-refractivity contribution in [1.82, 2.24) is 0 Å². The summed E-state index contributed by atoms with van der Waals surface area (Å²) in [4.78, 5) is 29.1. The summed E-state index contributed by atoms with van der Waals surface area (Å²) < 4.78 is 25.8. The van der Waals surface area contributed by atoms with E-state index >= 15 is 0 Å². The third-order valence-corrected chi connectivity index (χ3v) is 4.24. The molecule has 0 atom stereocenters. The van der Waals surface area contributed by atoms with Gasteiger partial charge in [0.25, 0.3) is 0 Å². The van der Waals surface area contributed by atoms with Crippen LogP contribution in [0.4, 0.5) is 0 Å². The molecule has 9 nitrogen and oxygen atoms in total. The minimum Gasteiger partial charge on any atom is -0.493 e. The zero-order valence-electron chi connectivity index (χ0n) is 16.8. The van der Waals surface area contributed by atoms with Crippen LogP contribution in [0.3, 0.4) is 0 Å². The van der Waals surface area contributed by atoms with Crippen molar-refractivity contribution in [3.8, 4) is 23.0 Å². The number of carbonyl (C=O) groups is 2. The molecule has 1 aliphatic heterocycles. The van der Waals surface area contributed by atoms with E-state index in [9.17, 15) is 9.59 Å². The smallest absolute Gasteiger partial charge is 0.347 e. The summed E-state index contributed by atoms with van der Waals surface area (Å²) in [6.07, 6.45) is 0. The van der Waals surface area contributed by atoms with Crippen molar-refractivity contribution in [2.45, 2.75) is 6.92 Å². The molecule has 0 saturated carbocycles. The maximum Gasteiger partial charge on any atom is 0.347 e. The fourth-order valence-corrected chi connectivity index (χ4v) is 2.64. The Morgan fingerprint density at radius 3 is 2.43 bits per heavy atom. The highest BCUT2D eigenvalue weighted by Gasteiger charge is 2.15. The zero-order valence-corrected chi connectivity index (χ0v) is 16.8. The second-order valence-electron chi connectivity index (χ2n) is 6.17. The van der Waals surface area contributed by atoms with Crippen LogP contribution in [0.15, 0.2) is 41.6 Å². The molecule has 1 aliphatic rings. The van der Waals surface area contributed by atoms with Crippen LogP contribution in [0, 0.1) is 0 Å². The van der Waals surface area contributed by atoms with Crippen molar-refractivity contribution in [2.75, 3.05) is 34.2 Å². The van der Waals surface area contributed by atoms with Crippen LogP contribution in [-0.2, 0) is 14.4 Å². The van der Waals surface area contributed by atoms with E-state index in [0.717, 1.165) is 5.56 Å². The topological polar surface area (TPSA) is 102 Å². The van der Waals surface area contributed by atoms with E-state index in [2.05, 4.69) is 5.16 Å². The van der Waals surface area contributed by atoms with Gasteiger partial charge >= 0.3 is 5.97 Å². The standard InChI is InChI=1S/C21H21NO8/c1-13(14-4-7-18-20(8-14)29-12-28-18)22-30-11-21(24)27-10-16(23)15-5-6-17(25-2)19(9-15)26-3/h4-9H,10-12H2,1-3H3/b22-13+. The van der Waals surface area contributed by atoms with E-state index in [0.29, 0.717) is 34.3 Å². The molecule has 2 aromatic carbocycles. The highest BCUT2D eigenvalue weighted by atomic mass is 16.7. The van der Waals surface area contributed by atoms with Crippen LogP contribution < -0.4 is 18.9 Å². The predicted octanol–water partition coefficient (Wildman–Crippen LogP) is 2.60. The molecule has 2 aromatic rings. The Kier molecular flexibility index (Phi) is 6.74. The summed E-state index contributed by atoms with van der Waals surface area (Å²) in [6, 6.07) is 10.0. The Morgan fingerprint density at radius 1 is 0.933 bits per heavy atom. The van der Waals surface area contributed by atoms with Gasteiger partial charge in [-0.1, -0.05) is 5.16 Å². The molecule has 0 amide bonds. The molecule has 3 rings (SSSR count). The van der Waals surface area contributed by atoms with Crippen LogP contribution in [-0.4, -0.2) is 51.7 Å². The summed E-state index contributed by atoms with van der Waals surface area (Å²) >= 11 is 0. The molecule has 0 spiro atoms. The van der Waals surface area contributed by atoms with Crippen molar-refractivity contribution in [2.24, 2.45) is 5.16 Å². The van der Waals surface area contributed by atoms with Gasteiger partial charge in [0.05, 0.1) is 19.9 Å². The van der Waals surface area contributed by atoms with Crippen molar-refractivity contribution in [3.05, 3.63) is 47.5 Å². The van der Waals surface area contributed by atoms with Gasteiger partial charge in [0.1, 0.15) is 0 Å². The van der Waals surface area contributed by atoms with E-state index in [1.54, 1.807) is 37.3 Å². The maximum absolute atomic E-state index is 12.2. The molecule has 1 heterocycles. The minimum atomic E-state index is -0.717. The van der Waals surface area contributed by atoms with E-state index < -0.39 is 19.2 Å². The molecule has 0 fully saturated rings. The number of nitrogens with zero attached hydrogens (tertiary/aromatic N) is 1. The number of rotatable bonds is 9. The molecular weight excluding hydrogens is 394 g/mol. The Labute approximate surface area is 173 Å². The number of fused-ring (bicyclic) bond motifs is 1. The molecule has 0 unspecified atom stereocenters. The van der Waals surface area contributed by atoms with Crippen molar-refractivity contribution in [3.63, 3.8) is 0 Å². The van der Waals surface area contributed by atoms with Crippen LogP contribution >= 0.6 is 0 Å². The molecule has 0 N–H and O–H groups in total. The Morgan fingerprint density at radius 2 is 1.67 bits per heavy atom. The average molecular weight is 415 g/mol. The number of esters is 1. The zero-order chi connectivity index (χ0) is 21.5. The minimum absolute atomic E-state index is 0.180. The molecule has 0 bridgehead atoms. The van der Waals surface area contributed by atoms with Crippen LogP contribution in [0.2, 0.25) is 0 Å². The highest BCUT2D eigenvalue weighted by Crippen LogP contribution is 2.32. The molecule has 0 radical (unpaired) electrons. The molecule has 0 aliphatic carbocycles. The first-order valence-corrected chi connectivity index (χ1v) is 8.99. The lowest BCUT2D eigenvalue weighted by Crippen LogP contribution is -2.17. The molecular formula is C21H21NO8.